The van der Waals surface area contributed by atoms with Gasteiger partial charge in [-0.15, -0.1) is 0 Å². The van der Waals surface area contributed by atoms with Gasteiger partial charge in [-0.05, 0) is 19.4 Å². The quantitative estimate of drug-likeness (QED) is 0.732. The van der Waals surface area contributed by atoms with E-state index in [-0.39, 0.29) is 17.9 Å². The summed E-state index contributed by atoms with van der Waals surface area (Å²) >= 11 is 0. The van der Waals surface area contributed by atoms with Gasteiger partial charge in [0.2, 0.25) is 5.91 Å². The topological polar surface area (TPSA) is 67.4 Å². The monoisotopic (exact) mass is 278 g/mol. The third-order valence-corrected chi connectivity index (χ3v) is 3.06. The summed E-state index contributed by atoms with van der Waals surface area (Å²) < 4.78 is 4.83. The first-order valence-corrected chi connectivity index (χ1v) is 6.74. The van der Waals surface area contributed by atoms with Gasteiger partial charge >= 0.3 is 5.97 Å². The van der Waals surface area contributed by atoms with Crippen molar-refractivity contribution in [3.05, 3.63) is 35.9 Å². The maximum atomic E-state index is 11.9. The largest absolute Gasteiger partial charge is 0.469 e. The maximum absolute atomic E-state index is 11.9. The number of amides is 1. The van der Waals surface area contributed by atoms with Crippen LogP contribution in [0.4, 0.5) is 0 Å². The summed E-state index contributed by atoms with van der Waals surface area (Å²) in [6.07, 6.45) is 0. The number of ether oxygens (including phenoxy) is 1. The van der Waals surface area contributed by atoms with E-state index < -0.39 is 5.92 Å². The summed E-state index contributed by atoms with van der Waals surface area (Å²) in [5, 5.41) is 5.80. The van der Waals surface area contributed by atoms with Crippen LogP contribution in [0, 0.1) is 0 Å². The second-order valence-corrected chi connectivity index (χ2v) is 4.51. The van der Waals surface area contributed by atoms with Gasteiger partial charge in [0.1, 0.15) is 0 Å². The van der Waals surface area contributed by atoms with Crippen LogP contribution in [0.5, 0.6) is 0 Å². The van der Waals surface area contributed by atoms with Crippen molar-refractivity contribution in [2.75, 3.05) is 20.2 Å². The lowest BCUT2D eigenvalue weighted by Crippen LogP contribution is -2.44. The van der Waals surface area contributed by atoms with Crippen molar-refractivity contribution < 1.29 is 14.3 Å². The van der Waals surface area contributed by atoms with Crippen molar-refractivity contribution in [3.63, 3.8) is 0 Å². The molecular weight excluding hydrogens is 256 g/mol. The van der Waals surface area contributed by atoms with Crippen LogP contribution in [0.3, 0.4) is 0 Å². The van der Waals surface area contributed by atoms with Crippen molar-refractivity contribution >= 4 is 11.9 Å². The Morgan fingerprint density at radius 1 is 1.25 bits per heavy atom. The Balaban J connectivity index is 2.68. The number of benzene rings is 1. The molecule has 0 aliphatic carbocycles. The Morgan fingerprint density at radius 3 is 2.45 bits per heavy atom. The summed E-state index contributed by atoms with van der Waals surface area (Å²) in [6, 6.07) is 9.03. The van der Waals surface area contributed by atoms with Crippen LogP contribution in [0.2, 0.25) is 0 Å². The van der Waals surface area contributed by atoms with Gasteiger partial charge in [-0.2, -0.15) is 0 Å². The summed E-state index contributed by atoms with van der Waals surface area (Å²) in [4.78, 5) is 23.5. The Hall–Kier alpha value is -1.88. The van der Waals surface area contributed by atoms with Crippen molar-refractivity contribution in [2.45, 2.75) is 25.8 Å². The number of rotatable bonds is 7. The van der Waals surface area contributed by atoms with Gasteiger partial charge in [0.05, 0.1) is 19.1 Å². The fourth-order valence-corrected chi connectivity index (χ4v) is 1.88. The predicted molar refractivity (Wildman–Crippen MR) is 77.3 cm³/mol. The first-order valence-electron chi connectivity index (χ1n) is 6.74. The molecular formula is C15H22N2O3. The fraction of sp³-hybridized carbons (Fsp3) is 0.467. The van der Waals surface area contributed by atoms with E-state index in [9.17, 15) is 9.59 Å². The zero-order valence-corrected chi connectivity index (χ0v) is 12.2. The van der Waals surface area contributed by atoms with Crippen LogP contribution in [-0.4, -0.2) is 38.1 Å². The lowest BCUT2D eigenvalue weighted by Gasteiger charge is -2.19. The molecule has 110 valence electrons. The zero-order valence-electron chi connectivity index (χ0n) is 12.2. The second kappa shape index (κ2) is 8.32. The Morgan fingerprint density at radius 2 is 1.90 bits per heavy atom. The third kappa shape index (κ3) is 4.66. The number of methoxy groups -OCH3 is 1. The summed E-state index contributed by atoms with van der Waals surface area (Å²) in [6.45, 7) is 4.58. The fourth-order valence-electron chi connectivity index (χ4n) is 1.88. The standard InChI is InChI=1S/C15H22N2O3/c1-4-16-14(18)11(2)17-10-13(15(19)20-3)12-8-6-5-7-9-12/h5-9,11,13,17H,4,10H2,1-3H3,(H,16,18). The molecule has 1 aromatic carbocycles. The average Bonchev–Trinajstić information content (AvgIpc) is 2.48. The number of hydrogen-bond acceptors (Lipinski definition) is 4. The summed E-state index contributed by atoms with van der Waals surface area (Å²) in [5.41, 5.74) is 0.870. The first kappa shape index (κ1) is 16.2. The molecule has 5 heteroatoms. The number of carbonyl (C=O) groups excluding carboxylic acids is 2. The number of esters is 1. The van der Waals surface area contributed by atoms with Crippen LogP contribution in [0.25, 0.3) is 0 Å². The molecule has 2 atom stereocenters. The number of hydrogen-bond donors (Lipinski definition) is 2. The minimum atomic E-state index is -0.418. The van der Waals surface area contributed by atoms with Crippen molar-refractivity contribution in [2.24, 2.45) is 0 Å². The average molecular weight is 278 g/mol. The highest BCUT2D eigenvalue weighted by atomic mass is 16.5. The van der Waals surface area contributed by atoms with E-state index in [0.29, 0.717) is 13.1 Å². The minimum absolute atomic E-state index is 0.0795. The normalized spacial score (nSPS) is 13.3. The van der Waals surface area contributed by atoms with Crippen molar-refractivity contribution in [3.8, 4) is 0 Å². The lowest BCUT2D eigenvalue weighted by molar-refractivity contribution is -0.142. The molecule has 2 N–H and O–H groups in total. The van der Waals surface area contributed by atoms with Crippen LogP contribution < -0.4 is 10.6 Å². The molecule has 0 saturated carbocycles. The lowest BCUT2D eigenvalue weighted by atomic mass is 9.99. The van der Waals surface area contributed by atoms with Gasteiger partial charge in [-0.25, -0.2) is 0 Å². The molecule has 1 amide bonds. The van der Waals surface area contributed by atoms with Gasteiger partial charge in [-0.3, -0.25) is 9.59 Å². The Bertz CT molecular complexity index is 434. The van der Waals surface area contributed by atoms with Crippen molar-refractivity contribution in [1.29, 1.82) is 0 Å². The summed E-state index contributed by atoms with van der Waals surface area (Å²) in [5.74, 6) is -0.811. The molecule has 0 heterocycles. The molecule has 0 fully saturated rings. The number of likely N-dealkylation sites (N-methyl/N-ethyl adjacent to an activating group) is 1. The highest BCUT2D eigenvalue weighted by Crippen LogP contribution is 2.16. The van der Waals surface area contributed by atoms with E-state index in [1.54, 1.807) is 6.92 Å². The molecule has 0 aliphatic heterocycles. The SMILES string of the molecule is CCNC(=O)C(C)NCC(C(=O)OC)c1ccccc1. The zero-order chi connectivity index (χ0) is 15.0. The van der Waals surface area contributed by atoms with Gasteiger partial charge in [0, 0.05) is 13.1 Å². The van der Waals surface area contributed by atoms with E-state index in [2.05, 4.69) is 10.6 Å². The second-order valence-electron chi connectivity index (χ2n) is 4.51. The van der Waals surface area contributed by atoms with Gasteiger partial charge in [-0.1, -0.05) is 30.3 Å². The number of carbonyl (C=O) groups is 2. The molecule has 1 aromatic rings. The Labute approximate surface area is 119 Å². The van der Waals surface area contributed by atoms with Gasteiger partial charge in [0.15, 0.2) is 0 Å². The smallest absolute Gasteiger partial charge is 0.314 e. The predicted octanol–water partition coefficient (Wildman–Crippen LogP) is 1.06. The van der Waals surface area contributed by atoms with Crippen LogP contribution >= 0.6 is 0 Å². The molecule has 0 aliphatic rings. The Kier molecular flexibility index (Phi) is 6.73. The third-order valence-electron chi connectivity index (χ3n) is 3.06. The molecule has 20 heavy (non-hydrogen) atoms. The van der Waals surface area contributed by atoms with Crippen LogP contribution in [-0.2, 0) is 14.3 Å². The molecule has 0 aromatic heterocycles. The molecule has 1 rings (SSSR count). The molecule has 5 nitrogen and oxygen atoms in total. The molecule has 0 bridgehead atoms. The first-order chi connectivity index (χ1) is 9.60. The molecule has 0 saturated heterocycles. The molecule has 0 spiro atoms. The van der Waals surface area contributed by atoms with E-state index >= 15 is 0 Å². The van der Waals surface area contributed by atoms with E-state index in [0.717, 1.165) is 5.56 Å². The maximum Gasteiger partial charge on any atom is 0.314 e. The highest BCUT2D eigenvalue weighted by Gasteiger charge is 2.22. The van der Waals surface area contributed by atoms with E-state index in [1.165, 1.54) is 7.11 Å². The van der Waals surface area contributed by atoms with Crippen LogP contribution in [0.1, 0.15) is 25.3 Å². The molecule has 0 radical (unpaired) electrons. The van der Waals surface area contributed by atoms with E-state index in [4.69, 9.17) is 4.74 Å². The van der Waals surface area contributed by atoms with Gasteiger partial charge in [0.25, 0.3) is 0 Å². The highest BCUT2D eigenvalue weighted by molar-refractivity contribution is 5.81. The van der Waals surface area contributed by atoms with Crippen LogP contribution in [0.15, 0.2) is 30.3 Å². The molecule has 2 unspecified atom stereocenters. The van der Waals surface area contributed by atoms with Gasteiger partial charge < -0.3 is 15.4 Å². The van der Waals surface area contributed by atoms with E-state index in [1.807, 2.05) is 37.3 Å². The van der Waals surface area contributed by atoms with Crippen molar-refractivity contribution in [1.82, 2.24) is 10.6 Å². The minimum Gasteiger partial charge on any atom is -0.469 e. The number of nitrogens with one attached hydrogen (secondary N) is 2. The summed E-state index contributed by atoms with van der Waals surface area (Å²) in [7, 11) is 1.37.